The minimum absolute atomic E-state index is 0.0740. The Morgan fingerprint density at radius 2 is 1.71 bits per heavy atom. The predicted molar refractivity (Wildman–Crippen MR) is 81.0 cm³/mol. The van der Waals surface area contributed by atoms with E-state index in [1.807, 2.05) is 42.5 Å². The van der Waals surface area contributed by atoms with E-state index in [0.717, 1.165) is 16.5 Å². The van der Waals surface area contributed by atoms with Crippen LogP contribution >= 0.6 is 0 Å². The summed E-state index contributed by atoms with van der Waals surface area (Å²) in [6, 6.07) is 13.7. The molecule has 21 heavy (non-hydrogen) atoms. The third kappa shape index (κ3) is 2.75. The highest BCUT2D eigenvalue weighted by Crippen LogP contribution is 2.32. The van der Waals surface area contributed by atoms with Gasteiger partial charge in [0.2, 0.25) is 5.91 Å². The molecule has 2 aromatic rings. The van der Waals surface area contributed by atoms with Gasteiger partial charge in [-0.1, -0.05) is 36.4 Å². The quantitative estimate of drug-likeness (QED) is 0.908. The number of carbonyl (C=O) groups is 2. The summed E-state index contributed by atoms with van der Waals surface area (Å²) in [5, 5.41) is 14.0. The van der Waals surface area contributed by atoms with E-state index in [9.17, 15) is 9.59 Å². The van der Waals surface area contributed by atoms with Crippen LogP contribution in [0.3, 0.4) is 0 Å². The molecule has 0 aromatic heterocycles. The molecule has 1 fully saturated rings. The van der Waals surface area contributed by atoms with E-state index in [1.165, 1.54) is 0 Å². The van der Waals surface area contributed by atoms with Gasteiger partial charge < -0.3 is 10.4 Å². The number of hydrogen-bond donors (Lipinski definition) is 2. The number of amides is 1. The van der Waals surface area contributed by atoms with Crippen LogP contribution < -0.4 is 5.32 Å². The van der Waals surface area contributed by atoms with Crippen LogP contribution in [0.5, 0.6) is 0 Å². The van der Waals surface area contributed by atoms with Crippen LogP contribution in [0.25, 0.3) is 10.8 Å². The average molecular weight is 283 g/mol. The SMILES string of the molecule is O=C(O)[C@H]1CC[C@@H](C(=O)Nc2cccc3ccccc23)C1. The zero-order valence-corrected chi connectivity index (χ0v) is 11.6. The molecular formula is C17H17NO3. The average Bonchev–Trinajstić information content (AvgIpc) is 2.98. The first-order valence-corrected chi connectivity index (χ1v) is 7.16. The Labute approximate surface area is 122 Å². The molecule has 0 saturated heterocycles. The molecule has 2 aromatic carbocycles. The molecule has 0 bridgehead atoms. The monoisotopic (exact) mass is 283 g/mol. The van der Waals surface area contributed by atoms with E-state index >= 15 is 0 Å². The number of rotatable bonds is 3. The Kier molecular flexibility index (Phi) is 3.60. The Hall–Kier alpha value is -2.36. The van der Waals surface area contributed by atoms with Gasteiger partial charge in [0.15, 0.2) is 0 Å². The fraction of sp³-hybridized carbons (Fsp3) is 0.294. The van der Waals surface area contributed by atoms with E-state index in [1.54, 1.807) is 0 Å². The number of benzene rings is 2. The molecule has 2 atom stereocenters. The third-order valence-electron chi connectivity index (χ3n) is 4.20. The number of fused-ring (bicyclic) bond motifs is 1. The van der Waals surface area contributed by atoms with E-state index in [2.05, 4.69) is 5.32 Å². The first-order chi connectivity index (χ1) is 10.1. The molecule has 108 valence electrons. The number of anilines is 1. The van der Waals surface area contributed by atoms with Gasteiger partial charge in [-0.3, -0.25) is 9.59 Å². The fourth-order valence-corrected chi connectivity index (χ4v) is 3.01. The summed E-state index contributed by atoms with van der Waals surface area (Å²) in [7, 11) is 0. The molecule has 0 radical (unpaired) electrons. The van der Waals surface area contributed by atoms with E-state index in [-0.39, 0.29) is 17.7 Å². The van der Waals surface area contributed by atoms with Gasteiger partial charge in [-0.2, -0.15) is 0 Å². The number of carboxylic acids is 1. The van der Waals surface area contributed by atoms with Crippen molar-refractivity contribution in [3.63, 3.8) is 0 Å². The molecule has 0 spiro atoms. The molecule has 2 N–H and O–H groups in total. The lowest BCUT2D eigenvalue weighted by Gasteiger charge is -2.12. The van der Waals surface area contributed by atoms with Gasteiger partial charge in [-0.05, 0) is 30.7 Å². The van der Waals surface area contributed by atoms with Crippen molar-refractivity contribution in [2.45, 2.75) is 19.3 Å². The second-order valence-electron chi connectivity index (χ2n) is 5.56. The summed E-state index contributed by atoms with van der Waals surface area (Å²) in [6.45, 7) is 0. The van der Waals surface area contributed by atoms with Crippen molar-refractivity contribution in [1.29, 1.82) is 0 Å². The number of aliphatic carboxylic acids is 1. The number of carboxylic acid groups (broad SMARTS) is 1. The third-order valence-corrected chi connectivity index (χ3v) is 4.20. The molecule has 4 heteroatoms. The molecule has 0 heterocycles. The molecule has 4 nitrogen and oxygen atoms in total. The lowest BCUT2D eigenvalue weighted by molar-refractivity contribution is -0.141. The maximum Gasteiger partial charge on any atom is 0.306 e. The number of hydrogen-bond acceptors (Lipinski definition) is 2. The van der Waals surface area contributed by atoms with Crippen LogP contribution in [0.4, 0.5) is 5.69 Å². The summed E-state index contributed by atoms with van der Waals surface area (Å²) in [5.41, 5.74) is 0.789. The molecular weight excluding hydrogens is 266 g/mol. The van der Waals surface area contributed by atoms with Crippen molar-refractivity contribution in [2.24, 2.45) is 11.8 Å². The highest BCUT2D eigenvalue weighted by Gasteiger charge is 2.33. The van der Waals surface area contributed by atoms with Gasteiger partial charge in [0.05, 0.1) is 5.92 Å². The first kappa shape index (κ1) is 13.6. The predicted octanol–water partition coefficient (Wildman–Crippen LogP) is 3.28. The lowest BCUT2D eigenvalue weighted by atomic mass is 10.0. The molecule has 3 rings (SSSR count). The Balaban J connectivity index is 1.77. The van der Waals surface area contributed by atoms with Crippen LogP contribution in [-0.2, 0) is 9.59 Å². The molecule has 1 saturated carbocycles. The van der Waals surface area contributed by atoms with Crippen LogP contribution in [0.2, 0.25) is 0 Å². The van der Waals surface area contributed by atoms with Crippen molar-refractivity contribution < 1.29 is 14.7 Å². The summed E-state index contributed by atoms with van der Waals surface area (Å²) in [6.07, 6.45) is 1.67. The minimum atomic E-state index is -0.796. The Morgan fingerprint density at radius 1 is 1.00 bits per heavy atom. The Bertz CT molecular complexity index is 690. The van der Waals surface area contributed by atoms with Crippen LogP contribution in [0.1, 0.15) is 19.3 Å². The van der Waals surface area contributed by atoms with Crippen molar-refractivity contribution in [3.05, 3.63) is 42.5 Å². The van der Waals surface area contributed by atoms with Gasteiger partial charge in [0.25, 0.3) is 0 Å². The van der Waals surface area contributed by atoms with Gasteiger partial charge in [0, 0.05) is 17.0 Å². The maximum absolute atomic E-state index is 12.3. The highest BCUT2D eigenvalue weighted by atomic mass is 16.4. The topological polar surface area (TPSA) is 66.4 Å². The smallest absolute Gasteiger partial charge is 0.306 e. The standard InChI is InChI=1S/C17H17NO3/c19-16(12-8-9-13(10-12)17(20)21)18-15-7-3-5-11-4-1-2-6-14(11)15/h1-7,12-13H,8-10H2,(H,18,19)(H,20,21)/t12-,13+/m1/s1. The van der Waals surface area contributed by atoms with Crippen LogP contribution in [0, 0.1) is 11.8 Å². The summed E-state index contributed by atoms with van der Waals surface area (Å²) < 4.78 is 0. The number of carbonyl (C=O) groups excluding carboxylic acids is 1. The maximum atomic E-state index is 12.3. The molecule has 1 amide bonds. The second-order valence-corrected chi connectivity index (χ2v) is 5.56. The van der Waals surface area contributed by atoms with E-state index < -0.39 is 5.97 Å². The summed E-state index contributed by atoms with van der Waals surface area (Å²) in [5.74, 6) is -1.45. The first-order valence-electron chi connectivity index (χ1n) is 7.16. The van der Waals surface area contributed by atoms with Crippen molar-refractivity contribution in [2.75, 3.05) is 5.32 Å². The van der Waals surface area contributed by atoms with Gasteiger partial charge >= 0.3 is 5.97 Å². The largest absolute Gasteiger partial charge is 0.481 e. The zero-order chi connectivity index (χ0) is 14.8. The second kappa shape index (κ2) is 5.56. The summed E-state index contributed by atoms with van der Waals surface area (Å²) >= 11 is 0. The van der Waals surface area contributed by atoms with Gasteiger partial charge in [-0.25, -0.2) is 0 Å². The van der Waals surface area contributed by atoms with Crippen molar-refractivity contribution in [1.82, 2.24) is 0 Å². The van der Waals surface area contributed by atoms with Crippen molar-refractivity contribution in [3.8, 4) is 0 Å². The van der Waals surface area contributed by atoms with Crippen molar-refractivity contribution >= 4 is 28.3 Å². The van der Waals surface area contributed by atoms with Gasteiger partial charge in [-0.15, -0.1) is 0 Å². The van der Waals surface area contributed by atoms with Crippen LogP contribution in [-0.4, -0.2) is 17.0 Å². The van der Waals surface area contributed by atoms with Gasteiger partial charge in [0.1, 0.15) is 0 Å². The lowest BCUT2D eigenvalue weighted by Crippen LogP contribution is -2.21. The molecule has 1 aliphatic rings. The molecule has 1 aliphatic carbocycles. The normalized spacial score (nSPS) is 21.3. The summed E-state index contributed by atoms with van der Waals surface area (Å²) in [4.78, 5) is 23.3. The molecule has 0 unspecified atom stereocenters. The Morgan fingerprint density at radius 3 is 2.48 bits per heavy atom. The van der Waals surface area contributed by atoms with E-state index in [0.29, 0.717) is 19.3 Å². The zero-order valence-electron chi connectivity index (χ0n) is 11.6. The number of nitrogens with one attached hydrogen (secondary N) is 1. The molecule has 0 aliphatic heterocycles. The highest BCUT2D eigenvalue weighted by molar-refractivity contribution is 6.03. The minimum Gasteiger partial charge on any atom is -0.481 e. The fourth-order valence-electron chi connectivity index (χ4n) is 3.01. The van der Waals surface area contributed by atoms with Crippen LogP contribution in [0.15, 0.2) is 42.5 Å². The van der Waals surface area contributed by atoms with E-state index in [4.69, 9.17) is 5.11 Å².